The first-order valence-corrected chi connectivity index (χ1v) is 14.2. The molecule has 2 amide bonds. The summed E-state index contributed by atoms with van der Waals surface area (Å²) < 4.78 is 97.3. The van der Waals surface area contributed by atoms with Gasteiger partial charge in [-0.1, -0.05) is 30.3 Å². The molecule has 2 aliphatic rings. The van der Waals surface area contributed by atoms with E-state index in [1.54, 1.807) is 30.3 Å². The summed E-state index contributed by atoms with van der Waals surface area (Å²) in [6, 6.07) is 8.20. The van der Waals surface area contributed by atoms with Crippen molar-refractivity contribution < 1.29 is 60.0 Å². The zero-order valence-electron chi connectivity index (χ0n) is 24.6. The zero-order valence-corrected chi connectivity index (χ0v) is 24.6. The van der Waals surface area contributed by atoms with Crippen molar-refractivity contribution in [1.29, 1.82) is 0 Å². The van der Waals surface area contributed by atoms with Gasteiger partial charge in [0.2, 0.25) is 12.7 Å². The first kappa shape index (κ1) is 35.0. The van der Waals surface area contributed by atoms with Gasteiger partial charge in [-0.25, -0.2) is 4.79 Å². The van der Waals surface area contributed by atoms with Crippen molar-refractivity contribution in [1.82, 2.24) is 10.2 Å². The zero-order chi connectivity index (χ0) is 33.9. The lowest BCUT2D eigenvalue weighted by Crippen LogP contribution is -2.65. The molecule has 4 rings (SSSR count). The maximum atomic E-state index is 13.7. The Kier molecular flexibility index (Phi) is 10.2. The molecule has 252 valence electrons. The van der Waals surface area contributed by atoms with Crippen LogP contribution in [-0.4, -0.2) is 66.1 Å². The number of carbonyl (C=O) groups excluding carboxylic acids is 3. The van der Waals surface area contributed by atoms with Crippen LogP contribution in [0.5, 0.6) is 0 Å². The molecule has 2 heterocycles. The lowest BCUT2D eigenvalue weighted by molar-refractivity contribution is -0.156. The Hall–Kier alpha value is -3.89. The van der Waals surface area contributed by atoms with Crippen molar-refractivity contribution >= 4 is 18.0 Å². The maximum Gasteiger partial charge on any atom is 0.416 e. The predicted octanol–water partition coefficient (Wildman–Crippen LogP) is 4.40. The number of piperidine rings is 1. The van der Waals surface area contributed by atoms with Gasteiger partial charge >= 0.3 is 24.4 Å². The largest absolute Gasteiger partial charge is 0.427 e. The van der Waals surface area contributed by atoms with Crippen LogP contribution in [0.1, 0.15) is 61.0 Å². The quantitative estimate of drug-likeness (QED) is 0.204. The number of aliphatic hydroxyl groups excluding tert-OH is 1. The number of aliphatic hydroxyl groups is 1. The topological polar surface area (TPSA) is 140 Å². The van der Waals surface area contributed by atoms with Crippen LogP contribution in [-0.2, 0) is 41.7 Å². The van der Waals surface area contributed by atoms with E-state index in [9.17, 15) is 40.7 Å². The van der Waals surface area contributed by atoms with E-state index < -0.39 is 78.8 Å². The summed E-state index contributed by atoms with van der Waals surface area (Å²) in [4.78, 5) is 39.0. The van der Waals surface area contributed by atoms with Gasteiger partial charge in [-0.05, 0) is 55.5 Å². The number of nitrogens with two attached hydrogens (primary N) is 1. The van der Waals surface area contributed by atoms with E-state index in [1.165, 1.54) is 11.8 Å². The van der Waals surface area contributed by atoms with Crippen LogP contribution in [0.2, 0.25) is 0 Å². The lowest BCUT2D eigenvalue weighted by atomic mass is 9.74. The average Bonchev–Trinajstić information content (AvgIpc) is 3.38. The molecule has 2 saturated heterocycles. The van der Waals surface area contributed by atoms with Crippen LogP contribution in [0.25, 0.3) is 0 Å². The van der Waals surface area contributed by atoms with Gasteiger partial charge in [0.1, 0.15) is 6.04 Å². The number of hydrogen-bond donors (Lipinski definition) is 3. The van der Waals surface area contributed by atoms with Crippen LogP contribution in [0, 0.1) is 0 Å². The second-order valence-corrected chi connectivity index (χ2v) is 11.4. The fourth-order valence-corrected chi connectivity index (χ4v) is 5.69. The van der Waals surface area contributed by atoms with Crippen LogP contribution < -0.4 is 11.1 Å². The van der Waals surface area contributed by atoms with E-state index >= 15 is 0 Å². The predicted molar refractivity (Wildman–Crippen MR) is 147 cm³/mol. The fourth-order valence-electron chi connectivity index (χ4n) is 5.69. The van der Waals surface area contributed by atoms with Gasteiger partial charge in [0.05, 0.1) is 41.5 Å². The van der Waals surface area contributed by atoms with Crippen molar-refractivity contribution in [2.45, 2.75) is 68.2 Å². The van der Waals surface area contributed by atoms with E-state index in [0.29, 0.717) is 30.5 Å². The maximum absolute atomic E-state index is 13.7. The summed E-state index contributed by atoms with van der Waals surface area (Å²) in [5.74, 6) is -1.28. The van der Waals surface area contributed by atoms with Crippen LogP contribution in [0.3, 0.4) is 0 Å². The number of esters is 1. The van der Waals surface area contributed by atoms with Gasteiger partial charge < -0.3 is 30.4 Å². The van der Waals surface area contributed by atoms with Crippen molar-refractivity contribution in [3.05, 3.63) is 70.8 Å². The molecule has 0 radical (unpaired) electrons. The second kappa shape index (κ2) is 13.5. The minimum atomic E-state index is -5.06. The highest BCUT2D eigenvalue weighted by Gasteiger charge is 2.54. The fraction of sp³-hybridized carbons (Fsp3) is 0.500. The summed E-state index contributed by atoms with van der Waals surface area (Å²) in [5, 5.41) is 11.9. The van der Waals surface area contributed by atoms with Crippen molar-refractivity contribution in [2.24, 2.45) is 5.73 Å². The van der Waals surface area contributed by atoms with Gasteiger partial charge in [-0.3, -0.25) is 14.5 Å². The number of nitrogens with zero attached hydrogens (tertiary/aromatic N) is 1. The standard InChI is InChI=1S/C30H33F6N3O7/c1-18(19-11-21(29(31,32)33)13-22(12-19)30(34,35)36)44-16-28(20-5-3-2-4-6-20)10-9-27(8-7-24(41)38-27)15-39(28)26(43)46-17-45-25(42)23(37)14-40/h2-6,11-13,18,23,40H,7-10,14-17,37H2,1H3,(H,38,41)/t18-,23?,27-,28-/m1/s1. The van der Waals surface area contributed by atoms with E-state index in [4.69, 9.17) is 25.1 Å². The molecule has 4 N–H and O–H groups in total. The molecule has 0 bridgehead atoms. The van der Waals surface area contributed by atoms with Gasteiger partial charge in [0, 0.05) is 13.0 Å². The molecule has 16 heteroatoms. The minimum absolute atomic E-state index is 0.0239. The van der Waals surface area contributed by atoms with Crippen molar-refractivity contribution in [3.63, 3.8) is 0 Å². The van der Waals surface area contributed by atoms with E-state index in [0.717, 1.165) is 0 Å². The highest BCUT2D eigenvalue weighted by Crippen LogP contribution is 2.45. The number of rotatable bonds is 9. The summed E-state index contributed by atoms with van der Waals surface area (Å²) in [6.07, 6.45) is -11.4. The number of hydrogen-bond acceptors (Lipinski definition) is 8. The molecule has 1 spiro atoms. The number of nitrogens with one attached hydrogen (secondary N) is 1. The third kappa shape index (κ3) is 7.73. The summed E-state index contributed by atoms with van der Waals surface area (Å²) in [5.41, 5.74) is 0.309. The molecule has 1 unspecified atom stereocenters. The molecule has 2 aliphatic heterocycles. The highest BCUT2D eigenvalue weighted by molar-refractivity contribution is 5.80. The first-order chi connectivity index (χ1) is 21.5. The van der Waals surface area contributed by atoms with Gasteiger partial charge in [-0.2, -0.15) is 26.3 Å². The summed E-state index contributed by atoms with van der Waals surface area (Å²) in [7, 11) is 0. The normalized spacial score (nSPS) is 23.2. The smallest absolute Gasteiger partial charge is 0.416 e. The average molecular weight is 662 g/mol. The summed E-state index contributed by atoms with van der Waals surface area (Å²) in [6.45, 7) is -0.805. The van der Waals surface area contributed by atoms with Crippen LogP contribution >= 0.6 is 0 Å². The van der Waals surface area contributed by atoms with E-state index in [2.05, 4.69) is 5.32 Å². The molecule has 0 saturated carbocycles. The lowest BCUT2D eigenvalue weighted by Gasteiger charge is -2.52. The van der Waals surface area contributed by atoms with E-state index in [-0.39, 0.29) is 36.9 Å². The molecule has 2 aromatic rings. The number of likely N-dealkylation sites (tertiary alicyclic amines) is 1. The number of halogens is 6. The Bertz CT molecular complexity index is 1390. The molecule has 10 nitrogen and oxygen atoms in total. The molecule has 46 heavy (non-hydrogen) atoms. The molecule has 2 aromatic carbocycles. The van der Waals surface area contributed by atoms with Crippen LogP contribution in [0.4, 0.5) is 31.1 Å². The monoisotopic (exact) mass is 661 g/mol. The Labute approximate surface area is 259 Å². The SMILES string of the molecule is C[C@@H](OC[C@@]1(c2ccccc2)CC[C@]2(CCC(=O)N2)CN1C(=O)OCOC(=O)C(N)CO)c1cc(C(F)(F)F)cc(C(F)(F)F)c1. The second-order valence-electron chi connectivity index (χ2n) is 11.4. The Balaban J connectivity index is 1.68. The Morgan fingerprint density at radius 2 is 1.63 bits per heavy atom. The molecule has 0 aromatic heterocycles. The Morgan fingerprint density at radius 3 is 2.17 bits per heavy atom. The minimum Gasteiger partial charge on any atom is -0.427 e. The molecular weight excluding hydrogens is 628 g/mol. The first-order valence-electron chi connectivity index (χ1n) is 14.2. The van der Waals surface area contributed by atoms with Crippen molar-refractivity contribution in [2.75, 3.05) is 26.6 Å². The van der Waals surface area contributed by atoms with Crippen molar-refractivity contribution in [3.8, 4) is 0 Å². The third-order valence-electron chi connectivity index (χ3n) is 8.30. The molecule has 0 aliphatic carbocycles. The molecule has 4 atom stereocenters. The van der Waals surface area contributed by atoms with Gasteiger partial charge in [-0.15, -0.1) is 0 Å². The number of benzene rings is 2. The number of ether oxygens (including phenoxy) is 3. The van der Waals surface area contributed by atoms with Crippen LogP contribution in [0.15, 0.2) is 48.5 Å². The number of carbonyl (C=O) groups is 3. The molecular formula is C30H33F6N3O7. The van der Waals surface area contributed by atoms with Gasteiger partial charge in [0.15, 0.2) is 0 Å². The number of alkyl halides is 6. The number of amides is 2. The third-order valence-corrected chi connectivity index (χ3v) is 8.30. The summed E-state index contributed by atoms with van der Waals surface area (Å²) >= 11 is 0. The highest BCUT2D eigenvalue weighted by atomic mass is 19.4. The molecule has 2 fully saturated rings. The Morgan fingerprint density at radius 1 is 1.00 bits per heavy atom. The van der Waals surface area contributed by atoms with E-state index in [1.807, 2.05) is 0 Å². The van der Waals surface area contributed by atoms with Gasteiger partial charge in [0.25, 0.3) is 0 Å².